The van der Waals surface area contributed by atoms with Gasteiger partial charge in [-0.1, -0.05) is 35.6 Å². The van der Waals surface area contributed by atoms with Crippen LogP contribution < -0.4 is 4.90 Å². The number of benzene rings is 2. The predicted octanol–water partition coefficient (Wildman–Crippen LogP) is 4.12. The molecule has 3 rings (SSSR count). The van der Waals surface area contributed by atoms with Gasteiger partial charge in [0.15, 0.2) is 0 Å². The Hall–Kier alpha value is -2.36. The van der Waals surface area contributed by atoms with Crippen molar-refractivity contribution in [3.63, 3.8) is 0 Å². The number of anilines is 1. The molecule has 4 heteroatoms. The maximum absolute atomic E-state index is 4.35. The first kappa shape index (κ1) is 14.6. The van der Waals surface area contributed by atoms with Gasteiger partial charge in [0.25, 0.3) is 0 Å². The van der Waals surface area contributed by atoms with Gasteiger partial charge in [-0.15, -0.1) is 5.11 Å². The molecule has 0 aliphatic carbocycles. The maximum Gasteiger partial charge on any atom is 0.0874 e. The highest BCUT2D eigenvalue weighted by Crippen LogP contribution is 2.24. The maximum atomic E-state index is 4.35. The fraction of sp³-hybridized carbons (Fsp3) is 0.333. The van der Waals surface area contributed by atoms with E-state index in [4.69, 9.17) is 0 Å². The third kappa shape index (κ3) is 3.27. The van der Waals surface area contributed by atoms with E-state index in [0.717, 1.165) is 31.9 Å². The van der Waals surface area contributed by atoms with Crippen LogP contribution in [-0.4, -0.2) is 31.2 Å². The zero-order valence-electron chi connectivity index (χ0n) is 13.2. The molecule has 0 N–H and O–H groups in total. The minimum atomic E-state index is 0.902. The van der Waals surface area contributed by atoms with Gasteiger partial charge in [0.2, 0.25) is 0 Å². The van der Waals surface area contributed by atoms with Crippen molar-refractivity contribution in [2.45, 2.75) is 13.8 Å². The number of aryl methyl sites for hydroxylation is 1. The van der Waals surface area contributed by atoms with Crippen LogP contribution in [0, 0.1) is 13.8 Å². The molecule has 1 aliphatic heterocycles. The van der Waals surface area contributed by atoms with Gasteiger partial charge in [-0.3, -0.25) is 5.01 Å². The summed E-state index contributed by atoms with van der Waals surface area (Å²) in [4.78, 5) is 2.44. The average Bonchev–Trinajstić information content (AvgIpc) is 2.57. The average molecular weight is 294 g/mol. The van der Waals surface area contributed by atoms with E-state index in [1.54, 1.807) is 0 Å². The summed E-state index contributed by atoms with van der Waals surface area (Å²) in [6, 6.07) is 16.4. The van der Waals surface area contributed by atoms with Gasteiger partial charge < -0.3 is 4.90 Å². The minimum Gasteiger partial charge on any atom is -0.368 e. The van der Waals surface area contributed by atoms with Crippen molar-refractivity contribution in [1.82, 2.24) is 5.01 Å². The second-order valence-electron chi connectivity index (χ2n) is 5.68. The molecule has 1 fully saturated rings. The number of piperazine rings is 1. The van der Waals surface area contributed by atoms with Crippen molar-refractivity contribution in [3.8, 4) is 0 Å². The van der Waals surface area contributed by atoms with E-state index in [0.29, 0.717) is 0 Å². The van der Waals surface area contributed by atoms with Gasteiger partial charge in [-0.05, 0) is 43.2 Å². The van der Waals surface area contributed by atoms with Gasteiger partial charge in [-0.2, -0.15) is 0 Å². The SMILES string of the molecule is Cc1cccc(N2CCN(/N=N/c3ccccc3)CC2)c1C. The quantitative estimate of drug-likeness (QED) is 0.797. The lowest BCUT2D eigenvalue weighted by Gasteiger charge is -2.35. The van der Waals surface area contributed by atoms with Crippen molar-refractivity contribution in [3.05, 3.63) is 59.7 Å². The zero-order valence-corrected chi connectivity index (χ0v) is 13.2. The number of rotatable bonds is 3. The highest BCUT2D eigenvalue weighted by atomic mass is 15.6. The van der Waals surface area contributed by atoms with E-state index < -0.39 is 0 Å². The number of hydrogen-bond acceptors (Lipinski definition) is 3. The standard InChI is InChI=1S/C18H22N4/c1-15-7-6-10-18(16(15)2)21-11-13-22(14-12-21)20-19-17-8-4-3-5-9-17/h3-10H,11-14H2,1-2H3/b20-19+. The van der Waals surface area contributed by atoms with Crippen LogP contribution in [0.1, 0.15) is 11.1 Å². The Kier molecular flexibility index (Phi) is 4.37. The summed E-state index contributed by atoms with van der Waals surface area (Å²) >= 11 is 0. The Morgan fingerprint density at radius 1 is 0.818 bits per heavy atom. The molecule has 0 amide bonds. The number of hydrogen-bond donors (Lipinski definition) is 0. The van der Waals surface area contributed by atoms with Crippen molar-refractivity contribution in [2.24, 2.45) is 10.3 Å². The lowest BCUT2D eigenvalue weighted by atomic mass is 10.1. The van der Waals surface area contributed by atoms with Crippen molar-refractivity contribution >= 4 is 11.4 Å². The molecule has 1 aliphatic rings. The summed E-state index contributed by atoms with van der Waals surface area (Å²) in [5, 5.41) is 10.7. The molecule has 0 unspecified atom stereocenters. The van der Waals surface area contributed by atoms with E-state index in [9.17, 15) is 0 Å². The Morgan fingerprint density at radius 2 is 1.55 bits per heavy atom. The Labute approximate surface area is 132 Å². The van der Waals surface area contributed by atoms with Crippen LogP contribution in [0.5, 0.6) is 0 Å². The van der Waals surface area contributed by atoms with Gasteiger partial charge in [0.1, 0.15) is 0 Å². The molecule has 0 aromatic heterocycles. The summed E-state index contributed by atoms with van der Waals surface area (Å²) in [6.07, 6.45) is 0. The molecule has 22 heavy (non-hydrogen) atoms. The van der Waals surface area contributed by atoms with Gasteiger partial charge in [-0.25, -0.2) is 0 Å². The fourth-order valence-electron chi connectivity index (χ4n) is 2.71. The normalized spacial score (nSPS) is 15.5. The molecule has 0 saturated carbocycles. The Bertz CT molecular complexity index is 643. The molecule has 0 spiro atoms. The zero-order chi connectivity index (χ0) is 15.4. The lowest BCUT2D eigenvalue weighted by molar-refractivity contribution is 0.254. The van der Waals surface area contributed by atoms with Crippen LogP contribution in [-0.2, 0) is 0 Å². The van der Waals surface area contributed by atoms with Crippen molar-refractivity contribution in [1.29, 1.82) is 0 Å². The molecule has 114 valence electrons. The third-order valence-corrected chi connectivity index (χ3v) is 4.22. The molecule has 0 atom stereocenters. The molecule has 0 radical (unpaired) electrons. The molecule has 1 heterocycles. The molecule has 2 aromatic carbocycles. The highest BCUT2D eigenvalue weighted by Gasteiger charge is 2.17. The van der Waals surface area contributed by atoms with Crippen LogP contribution in [0.15, 0.2) is 58.9 Å². The first-order valence-corrected chi connectivity index (χ1v) is 7.77. The lowest BCUT2D eigenvalue weighted by Crippen LogP contribution is -2.44. The van der Waals surface area contributed by atoms with E-state index in [1.165, 1.54) is 16.8 Å². The highest BCUT2D eigenvalue weighted by molar-refractivity contribution is 5.56. The second-order valence-corrected chi connectivity index (χ2v) is 5.68. The predicted molar refractivity (Wildman–Crippen MR) is 90.7 cm³/mol. The van der Waals surface area contributed by atoms with E-state index in [-0.39, 0.29) is 0 Å². The summed E-state index contributed by atoms with van der Waals surface area (Å²) in [5.74, 6) is 0. The van der Waals surface area contributed by atoms with Gasteiger partial charge >= 0.3 is 0 Å². The Balaban J connectivity index is 1.61. The molecule has 1 saturated heterocycles. The summed E-state index contributed by atoms with van der Waals surface area (Å²) in [5.41, 5.74) is 4.98. The van der Waals surface area contributed by atoms with Crippen LogP contribution in [0.4, 0.5) is 11.4 Å². The molecule has 4 nitrogen and oxygen atoms in total. The fourth-order valence-corrected chi connectivity index (χ4v) is 2.71. The van der Waals surface area contributed by atoms with E-state index in [2.05, 4.69) is 52.3 Å². The molecule has 0 bridgehead atoms. The molecule has 2 aromatic rings. The summed E-state index contributed by atoms with van der Waals surface area (Å²) in [6.45, 7) is 8.15. The monoisotopic (exact) mass is 294 g/mol. The topological polar surface area (TPSA) is 31.2 Å². The second kappa shape index (κ2) is 6.60. The van der Waals surface area contributed by atoms with E-state index >= 15 is 0 Å². The molecular weight excluding hydrogens is 272 g/mol. The van der Waals surface area contributed by atoms with Crippen LogP contribution >= 0.6 is 0 Å². The third-order valence-electron chi connectivity index (χ3n) is 4.22. The van der Waals surface area contributed by atoms with Crippen LogP contribution in [0.2, 0.25) is 0 Å². The van der Waals surface area contributed by atoms with Crippen LogP contribution in [0.25, 0.3) is 0 Å². The first-order valence-electron chi connectivity index (χ1n) is 7.77. The largest absolute Gasteiger partial charge is 0.368 e. The van der Waals surface area contributed by atoms with Gasteiger partial charge in [0, 0.05) is 18.8 Å². The van der Waals surface area contributed by atoms with Gasteiger partial charge in [0.05, 0.1) is 18.8 Å². The van der Waals surface area contributed by atoms with Crippen molar-refractivity contribution in [2.75, 3.05) is 31.1 Å². The van der Waals surface area contributed by atoms with Crippen LogP contribution in [0.3, 0.4) is 0 Å². The minimum absolute atomic E-state index is 0.902. The smallest absolute Gasteiger partial charge is 0.0874 e. The first-order chi connectivity index (χ1) is 10.7. The molecular formula is C18H22N4. The number of nitrogens with zero attached hydrogens (tertiary/aromatic N) is 4. The summed E-state index contributed by atoms with van der Waals surface area (Å²) < 4.78 is 0. The van der Waals surface area contributed by atoms with Crippen molar-refractivity contribution < 1.29 is 0 Å². The van der Waals surface area contributed by atoms with E-state index in [1.807, 2.05) is 30.3 Å². The summed E-state index contributed by atoms with van der Waals surface area (Å²) in [7, 11) is 0. The Morgan fingerprint density at radius 3 is 2.27 bits per heavy atom.